The number of ether oxygens (including phenoxy) is 1. The molecular weight excluding hydrogens is 279 g/mol. The Balaban J connectivity index is 2.48. The lowest BCUT2D eigenvalue weighted by molar-refractivity contribution is -0.137. The molecule has 1 rings (SSSR count). The first-order valence-corrected chi connectivity index (χ1v) is 5.50. The zero-order valence-electron chi connectivity index (χ0n) is 10.4. The van der Waals surface area contributed by atoms with Crippen LogP contribution in [-0.2, 0) is 10.9 Å². The molecule has 6 nitrogen and oxygen atoms in total. The number of halogens is 3. The molecule has 0 fully saturated rings. The van der Waals surface area contributed by atoms with E-state index in [1.807, 2.05) is 10.9 Å². The van der Waals surface area contributed by atoms with Crippen molar-refractivity contribution in [2.75, 3.05) is 11.9 Å². The molecule has 0 bridgehead atoms. The minimum Gasteiger partial charge on any atom is -0.449 e. The molecule has 0 aliphatic heterocycles. The Kier molecular flexibility index (Phi) is 5.18. The van der Waals surface area contributed by atoms with Crippen LogP contribution in [0.4, 0.5) is 28.4 Å². The van der Waals surface area contributed by atoms with Gasteiger partial charge in [-0.25, -0.2) is 20.4 Å². The molecule has 0 spiro atoms. The van der Waals surface area contributed by atoms with E-state index in [-0.39, 0.29) is 12.3 Å². The second-order valence-electron chi connectivity index (χ2n) is 3.50. The molecule has 0 saturated carbocycles. The van der Waals surface area contributed by atoms with Crippen LogP contribution >= 0.6 is 0 Å². The second kappa shape index (κ2) is 6.64. The monoisotopic (exact) mass is 291 g/mol. The Morgan fingerprint density at radius 2 is 1.75 bits per heavy atom. The third-order valence-corrected chi connectivity index (χ3v) is 2.02. The van der Waals surface area contributed by atoms with Crippen molar-refractivity contribution in [1.82, 2.24) is 10.9 Å². The van der Waals surface area contributed by atoms with Gasteiger partial charge in [-0.15, -0.1) is 0 Å². The molecule has 9 heteroatoms. The van der Waals surface area contributed by atoms with Gasteiger partial charge in [0.1, 0.15) is 0 Å². The number of urea groups is 1. The van der Waals surface area contributed by atoms with Crippen molar-refractivity contribution in [3.8, 4) is 0 Å². The number of benzene rings is 1. The van der Waals surface area contributed by atoms with Gasteiger partial charge in [-0.3, -0.25) is 0 Å². The van der Waals surface area contributed by atoms with E-state index >= 15 is 0 Å². The lowest BCUT2D eigenvalue weighted by atomic mass is 10.2. The third-order valence-electron chi connectivity index (χ3n) is 2.02. The standard InChI is InChI=1S/C11H12F3N3O3/c1-2-20-10(19)17-16-9(18)15-8-5-3-7(4-6-8)11(12,13)14/h3-6H,2H2,1H3,(H,17,19)(H2,15,16,18). The SMILES string of the molecule is CCOC(=O)NNC(=O)Nc1ccc(C(F)(F)F)cc1. The van der Waals surface area contributed by atoms with Crippen molar-refractivity contribution in [2.45, 2.75) is 13.1 Å². The molecule has 0 aliphatic carbocycles. The first kappa shape index (κ1) is 15.6. The van der Waals surface area contributed by atoms with Crippen LogP contribution in [0.5, 0.6) is 0 Å². The first-order chi connectivity index (χ1) is 9.32. The highest BCUT2D eigenvalue weighted by atomic mass is 19.4. The van der Waals surface area contributed by atoms with Gasteiger partial charge in [0.2, 0.25) is 0 Å². The highest BCUT2D eigenvalue weighted by Crippen LogP contribution is 2.29. The lowest BCUT2D eigenvalue weighted by Crippen LogP contribution is -2.44. The fourth-order valence-electron chi connectivity index (χ4n) is 1.18. The molecule has 0 radical (unpaired) electrons. The highest BCUT2D eigenvalue weighted by molar-refractivity contribution is 5.90. The molecule has 1 aromatic rings. The molecule has 0 unspecified atom stereocenters. The van der Waals surface area contributed by atoms with Crippen LogP contribution in [0.25, 0.3) is 0 Å². The van der Waals surface area contributed by atoms with E-state index in [1.165, 1.54) is 0 Å². The smallest absolute Gasteiger partial charge is 0.426 e. The van der Waals surface area contributed by atoms with Gasteiger partial charge in [0.15, 0.2) is 0 Å². The topological polar surface area (TPSA) is 79.5 Å². The average Bonchev–Trinajstić information content (AvgIpc) is 2.36. The zero-order chi connectivity index (χ0) is 15.2. The number of carbonyl (C=O) groups is 2. The molecule has 0 aliphatic rings. The van der Waals surface area contributed by atoms with Crippen LogP contribution in [0.15, 0.2) is 24.3 Å². The number of amides is 3. The largest absolute Gasteiger partial charge is 0.449 e. The van der Waals surface area contributed by atoms with Crippen LogP contribution in [0.3, 0.4) is 0 Å². The van der Waals surface area contributed by atoms with Crippen molar-refractivity contribution >= 4 is 17.8 Å². The molecule has 3 N–H and O–H groups in total. The van der Waals surface area contributed by atoms with Crippen molar-refractivity contribution in [3.05, 3.63) is 29.8 Å². The van der Waals surface area contributed by atoms with E-state index < -0.39 is 23.9 Å². The van der Waals surface area contributed by atoms with Crippen molar-refractivity contribution in [2.24, 2.45) is 0 Å². The first-order valence-electron chi connectivity index (χ1n) is 5.50. The fraction of sp³-hybridized carbons (Fsp3) is 0.273. The van der Waals surface area contributed by atoms with Gasteiger partial charge in [-0.2, -0.15) is 13.2 Å². The fourth-order valence-corrected chi connectivity index (χ4v) is 1.18. The van der Waals surface area contributed by atoms with E-state index in [1.54, 1.807) is 6.92 Å². The van der Waals surface area contributed by atoms with Gasteiger partial charge in [0.05, 0.1) is 12.2 Å². The predicted octanol–water partition coefficient (Wildman–Crippen LogP) is 2.49. The van der Waals surface area contributed by atoms with Gasteiger partial charge in [0.25, 0.3) is 0 Å². The molecule has 1 aromatic carbocycles. The number of nitrogens with one attached hydrogen (secondary N) is 3. The number of hydrazine groups is 1. The predicted molar refractivity (Wildman–Crippen MR) is 63.8 cm³/mol. The number of anilines is 1. The van der Waals surface area contributed by atoms with Crippen LogP contribution < -0.4 is 16.2 Å². The summed E-state index contributed by atoms with van der Waals surface area (Å²) >= 11 is 0. The third kappa shape index (κ3) is 5.04. The highest BCUT2D eigenvalue weighted by Gasteiger charge is 2.29. The van der Waals surface area contributed by atoms with Gasteiger partial charge in [0, 0.05) is 5.69 Å². The summed E-state index contributed by atoms with van der Waals surface area (Å²) in [4.78, 5) is 22.1. The van der Waals surface area contributed by atoms with Crippen LogP contribution in [0, 0.1) is 0 Å². The summed E-state index contributed by atoms with van der Waals surface area (Å²) in [6.45, 7) is 1.72. The Bertz CT molecular complexity index is 474. The van der Waals surface area contributed by atoms with E-state index in [0.717, 1.165) is 24.3 Å². The Hall–Kier alpha value is -2.45. The van der Waals surface area contributed by atoms with E-state index in [0.29, 0.717) is 0 Å². The van der Waals surface area contributed by atoms with Crippen molar-refractivity contribution in [1.29, 1.82) is 0 Å². The number of hydrogen-bond acceptors (Lipinski definition) is 3. The Morgan fingerprint density at radius 3 is 2.25 bits per heavy atom. The molecule has 0 atom stereocenters. The molecule has 0 aromatic heterocycles. The maximum atomic E-state index is 12.3. The maximum absolute atomic E-state index is 12.3. The quantitative estimate of drug-likeness (QED) is 0.732. The molecular formula is C11H12F3N3O3. The van der Waals surface area contributed by atoms with Crippen LogP contribution in [0.1, 0.15) is 12.5 Å². The lowest BCUT2D eigenvalue weighted by Gasteiger charge is -2.10. The van der Waals surface area contributed by atoms with Gasteiger partial charge in [-0.05, 0) is 31.2 Å². The van der Waals surface area contributed by atoms with Crippen molar-refractivity contribution < 1.29 is 27.5 Å². The summed E-state index contributed by atoms with van der Waals surface area (Å²) in [5, 5.41) is 2.23. The average molecular weight is 291 g/mol. The maximum Gasteiger partial charge on any atom is 0.426 e. The zero-order valence-corrected chi connectivity index (χ0v) is 10.4. The number of hydrogen-bond donors (Lipinski definition) is 3. The number of rotatable bonds is 2. The number of alkyl halides is 3. The molecule has 0 heterocycles. The van der Waals surface area contributed by atoms with Gasteiger partial charge < -0.3 is 10.1 Å². The Morgan fingerprint density at radius 1 is 1.15 bits per heavy atom. The molecule has 0 saturated heterocycles. The normalized spacial score (nSPS) is 10.6. The Labute approximate surface area is 112 Å². The summed E-state index contributed by atoms with van der Waals surface area (Å²) in [5.41, 5.74) is 3.21. The summed E-state index contributed by atoms with van der Waals surface area (Å²) < 4.78 is 41.4. The molecule has 110 valence electrons. The summed E-state index contributed by atoms with van der Waals surface area (Å²) in [5.74, 6) is 0. The van der Waals surface area contributed by atoms with Crippen LogP contribution in [0.2, 0.25) is 0 Å². The molecule has 3 amide bonds. The minimum atomic E-state index is -4.44. The number of carbonyl (C=O) groups excluding carboxylic acids is 2. The van der Waals surface area contributed by atoms with Gasteiger partial charge in [-0.1, -0.05) is 0 Å². The van der Waals surface area contributed by atoms with Gasteiger partial charge >= 0.3 is 18.3 Å². The van der Waals surface area contributed by atoms with E-state index in [9.17, 15) is 22.8 Å². The molecule has 20 heavy (non-hydrogen) atoms. The summed E-state index contributed by atoms with van der Waals surface area (Å²) in [6.07, 6.45) is -5.29. The van der Waals surface area contributed by atoms with Crippen molar-refractivity contribution in [3.63, 3.8) is 0 Å². The van der Waals surface area contributed by atoms with Crippen LogP contribution in [-0.4, -0.2) is 18.7 Å². The summed E-state index contributed by atoms with van der Waals surface area (Å²) in [6, 6.07) is 3.01. The second-order valence-corrected chi connectivity index (χ2v) is 3.50. The summed E-state index contributed by atoms with van der Waals surface area (Å²) in [7, 11) is 0. The van der Waals surface area contributed by atoms with E-state index in [4.69, 9.17) is 0 Å². The van der Waals surface area contributed by atoms with E-state index in [2.05, 4.69) is 10.1 Å². The minimum absolute atomic E-state index is 0.133.